The molecular formula is C23H15N3O. The highest BCUT2D eigenvalue weighted by molar-refractivity contribution is 5.91. The number of fused-ring (bicyclic) bond motifs is 3. The molecule has 0 aliphatic rings. The summed E-state index contributed by atoms with van der Waals surface area (Å²) in [4.78, 5) is 11.0. The monoisotopic (exact) mass is 349 g/mol. The van der Waals surface area contributed by atoms with Gasteiger partial charge in [-0.2, -0.15) is 0 Å². The van der Waals surface area contributed by atoms with Crippen LogP contribution in [0.3, 0.4) is 0 Å². The Labute approximate surface area is 154 Å². The smallest absolute Gasteiger partial charge is 0.135 e. The summed E-state index contributed by atoms with van der Waals surface area (Å²) in [5.74, 6) is 0.883. The van der Waals surface area contributed by atoms with Gasteiger partial charge in [-0.1, -0.05) is 36.4 Å². The molecule has 4 heteroatoms. The summed E-state index contributed by atoms with van der Waals surface area (Å²) in [5.41, 5.74) is 7.30. The number of aromatic nitrogens is 3. The maximum atomic E-state index is 6.01. The van der Waals surface area contributed by atoms with E-state index in [9.17, 15) is 0 Å². The average Bonchev–Trinajstić information content (AvgIpc) is 3.42. The van der Waals surface area contributed by atoms with Crippen LogP contribution in [0.4, 0.5) is 0 Å². The fourth-order valence-electron chi connectivity index (χ4n) is 3.66. The summed E-state index contributed by atoms with van der Waals surface area (Å²) in [6.07, 6.45) is 1.72. The van der Waals surface area contributed by atoms with Gasteiger partial charge in [-0.25, -0.2) is 4.98 Å². The highest BCUT2D eigenvalue weighted by Crippen LogP contribution is 2.32. The van der Waals surface area contributed by atoms with Gasteiger partial charge in [0.25, 0.3) is 0 Å². The van der Waals surface area contributed by atoms with Crippen molar-refractivity contribution in [1.82, 2.24) is 15.0 Å². The Morgan fingerprint density at radius 3 is 2.59 bits per heavy atom. The minimum absolute atomic E-state index is 0.883. The number of imidazole rings is 1. The lowest BCUT2D eigenvalue weighted by atomic mass is 10.1. The summed E-state index contributed by atoms with van der Waals surface area (Å²) >= 11 is 0. The summed E-state index contributed by atoms with van der Waals surface area (Å²) in [6.45, 7) is 0. The van der Waals surface area contributed by atoms with Crippen molar-refractivity contribution in [3.8, 4) is 22.6 Å². The zero-order valence-electron chi connectivity index (χ0n) is 14.4. The molecule has 3 aromatic heterocycles. The van der Waals surface area contributed by atoms with E-state index in [2.05, 4.69) is 63.5 Å². The number of hydrogen-bond acceptors (Lipinski definition) is 2. The van der Waals surface area contributed by atoms with E-state index in [0.29, 0.717) is 0 Å². The Morgan fingerprint density at radius 1 is 0.741 bits per heavy atom. The molecule has 6 rings (SSSR count). The molecule has 27 heavy (non-hydrogen) atoms. The zero-order chi connectivity index (χ0) is 17.8. The third-order valence-corrected chi connectivity index (χ3v) is 5.06. The molecule has 128 valence electrons. The Balaban J connectivity index is 1.46. The molecule has 0 saturated carbocycles. The molecule has 3 aromatic carbocycles. The molecule has 0 aliphatic carbocycles. The van der Waals surface area contributed by atoms with Crippen LogP contribution in [0.5, 0.6) is 0 Å². The van der Waals surface area contributed by atoms with Gasteiger partial charge in [-0.3, -0.25) is 0 Å². The zero-order valence-corrected chi connectivity index (χ0v) is 14.4. The van der Waals surface area contributed by atoms with E-state index in [-0.39, 0.29) is 0 Å². The normalized spacial score (nSPS) is 11.7. The van der Waals surface area contributed by atoms with Gasteiger partial charge in [0.2, 0.25) is 0 Å². The first-order valence-electron chi connectivity index (χ1n) is 8.89. The molecule has 0 aliphatic heterocycles. The molecule has 0 spiro atoms. The van der Waals surface area contributed by atoms with E-state index in [0.717, 1.165) is 50.1 Å². The van der Waals surface area contributed by atoms with E-state index >= 15 is 0 Å². The number of aromatic amines is 2. The van der Waals surface area contributed by atoms with Crippen molar-refractivity contribution in [1.29, 1.82) is 0 Å². The van der Waals surface area contributed by atoms with Crippen LogP contribution in [0, 0.1) is 0 Å². The predicted octanol–water partition coefficient (Wildman–Crippen LogP) is 6.12. The van der Waals surface area contributed by atoms with Crippen molar-refractivity contribution in [3.05, 3.63) is 79.1 Å². The summed E-state index contributed by atoms with van der Waals surface area (Å²) < 4.78 is 6.01. The Hall–Kier alpha value is -3.79. The molecule has 0 saturated heterocycles. The molecular weight excluding hydrogens is 334 g/mol. The van der Waals surface area contributed by atoms with Crippen LogP contribution < -0.4 is 0 Å². The van der Waals surface area contributed by atoms with Crippen LogP contribution >= 0.6 is 0 Å². The second-order valence-electron chi connectivity index (χ2n) is 6.77. The minimum atomic E-state index is 0.883. The van der Waals surface area contributed by atoms with Crippen LogP contribution in [-0.4, -0.2) is 15.0 Å². The number of rotatable bonds is 2. The van der Waals surface area contributed by atoms with Crippen molar-refractivity contribution >= 4 is 32.9 Å². The van der Waals surface area contributed by atoms with Gasteiger partial charge in [0.1, 0.15) is 11.3 Å². The maximum Gasteiger partial charge on any atom is 0.135 e. The first-order valence-corrected chi connectivity index (χ1v) is 8.89. The molecule has 3 heterocycles. The largest absolute Gasteiger partial charge is 0.456 e. The lowest BCUT2D eigenvalue weighted by Crippen LogP contribution is -1.78. The summed E-state index contributed by atoms with van der Waals surface area (Å²) in [7, 11) is 0. The quantitative estimate of drug-likeness (QED) is 0.395. The molecule has 4 nitrogen and oxygen atoms in total. The van der Waals surface area contributed by atoms with Gasteiger partial charge in [0, 0.05) is 33.1 Å². The van der Waals surface area contributed by atoms with Crippen LogP contribution in [0.1, 0.15) is 0 Å². The number of nitrogens with one attached hydrogen (secondary N) is 2. The van der Waals surface area contributed by atoms with Gasteiger partial charge >= 0.3 is 0 Å². The molecule has 0 atom stereocenters. The molecule has 0 bridgehead atoms. The predicted molar refractivity (Wildman–Crippen MR) is 109 cm³/mol. The standard InChI is InChI=1S/C23H15N3O/c1-2-4-22-16(3-1)12-23(27-22)17-6-5-14-9-19(26-20(14)11-17)15-7-8-18-21(10-15)25-13-24-18/h1-13,26H,(H,24,25). The number of benzene rings is 3. The Bertz CT molecular complexity index is 1400. The van der Waals surface area contributed by atoms with E-state index < -0.39 is 0 Å². The molecule has 0 amide bonds. The summed E-state index contributed by atoms with van der Waals surface area (Å²) in [6, 6.07) is 25.0. The van der Waals surface area contributed by atoms with Gasteiger partial charge in [-0.15, -0.1) is 0 Å². The average molecular weight is 349 g/mol. The number of nitrogens with zero attached hydrogens (tertiary/aromatic N) is 1. The van der Waals surface area contributed by atoms with Crippen LogP contribution in [0.15, 0.2) is 83.5 Å². The molecule has 6 aromatic rings. The van der Waals surface area contributed by atoms with Crippen LogP contribution in [0.25, 0.3) is 55.5 Å². The van der Waals surface area contributed by atoms with Gasteiger partial charge in [0.05, 0.1) is 17.4 Å². The van der Waals surface area contributed by atoms with Crippen LogP contribution in [-0.2, 0) is 0 Å². The number of hydrogen-bond donors (Lipinski definition) is 2. The molecule has 0 radical (unpaired) electrons. The third-order valence-electron chi connectivity index (χ3n) is 5.06. The van der Waals surface area contributed by atoms with E-state index in [1.165, 1.54) is 5.39 Å². The fraction of sp³-hybridized carbons (Fsp3) is 0. The Kier molecular flexibility index (Phi) is 2.85. The fourth-order valence-corrected chi connectivity index (χ4v) is 3.66. The lowest BCUT2D eigenvalue weighted by Gasteiger charge is -1.98. The van der Waals surface area contributed by atoms with Gasteiger partial charge < -0.3 is 14.4 Å². The van der Waals surface area contributed by atoms with E-state index in [4.69, 9.17) is 4.42 Å². The SMILES string of the molecule is c1ccc2oc(-c3ccc4cc(-c5ccc6nc[nH]c6c5)[nH]c4c3)cc2c1. The highest BCUT2D eigenvalue weighted by Gasteiger charge is 2.09. The number of para-hydroxylation sites is 1. The molecule has 0 unspecified atom stereocenters. The van der Waals surface area contributed by atoms with E-state index in [1.807, 2.05) is 24.3 Å². The number of furan rings is 1. The van der Waals surface area contributed by atoms with Crippen molar-refractivity contribution in [3.63, 3.8) is 0 Å². The minimum Gasteiger partial charge on any atom is -0.456 e. The van der Waals surface area contributed by atoms with Crippen molar-refractivity contribution < 1.29 is 4.42 Å². The van der Waals surface area contributed by atoms with Gasteiger partial charge in [0.15, 0.2) is 0 Å². The van der Waals surface area contributed by atoms with Gasteiger partial charge in [-0.05, 0) is 36.4 Å². The van der Waals surface area contributed by atoms with Crippen molar-refractivity contribution in [2.45, 2.75) is 0 Å². The first-order chi connectivity index (χ1) is 13.3. The topological polar surface area (TPSA) is 57.6 Å². The second kappa shape index (κ2) is 5.35. The molecule has 2 N–H and O–H groups in total. The van der Waals surface area contributed by atoms with Crippen molar-refractivity contribution in [2.75, 3.05) is 0 Å². The van der Waals surface area contributed by atoms with E-state index in [1.54, 1.807) is 6.33 Å². The Morgan fingerprint density at radius 2 is 1.63 bits per heavy atom. The third kappa shape index (κ3) is 2.27. The lowest BCUT2D eigenvalue weighted by molar-refractivity contribution is 0.631. The van der Waals surface area contributed by atoms with Crippen LogP contribution in [0.2, 0.25) is 0 Å². The highest BCUT2D eigenvalue weighted by atomic mass is 16.3. The summed E-state index contributed by atoms with van der Waals surface area (Å²) in [5, 5.41) is 2.29. The second-order valence-corrected chi connectivity index (χ2v) is 6.77. The number of H-pyrrole nitrogens is 2. The first kappa shape index (κ1) is 14.4. The molecule has 0 fully saturated rings. The maximum absolute atomic E-state index is 6.01. The van der Waals surface area contributed by atoms with Crippen molar-refractivity contribution in [2.24, 2.45) is 0 Å².